The summed E-state index contributed by atoms with van der Waals surface area (Å²) in [7, 11) is 0. The van der Waals surface area contributed by atoms with Crippen molar-refractivity contribution in [3.05, 3.63) is 97.1 Å². The van der Waals surface area contributed by atoms with Crippen LogP contribution in [-0.2, 0) is 6.54 Å². The molecule has 1 amide bonds. The van der Waals surface area contributed by atoms with Crippen molar-refractivity contribution in [1.29, 1.82) is 0 Å². The van der Waals surface area contributed by atoms with Crippen LogP contribution in [0, 0.1) is 20.2 Å². The van der Waals surface area contributed by atoms with Crippen LogP contribution in [0.25, 0.3) is 11.3 Å². The smallest absolute Gasteiger partial charge is 0.277 e. The molecule has 0 atom stereocenters. The van der Waals surface area contributed by atoms with Crippen molar-refractivity contribution >= 4 is 17.3 Å². The molecule has 1 aromatic heterocycles. The normalized spacial score (nSPS) is 10.4. The van der Waals surface area contributed by atoms with E-state index in [1.54, 1.807) is 0 Å². The zero-order valence-electron chi connectivity index (χ0n) is 15.4. The fourth-order valence-electron chi connectivity index (χ4n) is 2.69. The van der Waals surface area contributed by atoms with Crippen molar-refractivity contribution < 1.29 is 14.6 Å². The zero-order chi connectivity index (χ0) is 21.7. The van der Waals surface area contributed by atoms with Gasteiger partial charge in [-0.2, -0.15) is 0 Å². The van der Waals surface area contributed by atoms with Gasteiger partial charge in [0.05, 0.1) is 33.5 Å². The fourth-order valence-corrected chi connectivity index (χ4v) is 2.69. The highest BCUT2D eigenvalue weighted by Gasteiger charge is 2.19. The van der Waals surface area contributed by atoms with Crippen LogP contribution < -0.4 is 10.9 Å². The molecule has 0 saturated heterocycles. The van der Waals surface area contributed by atoms with Crippen LogP contribution in [0.15, 0.2) is 65.7 Å². The van der Waals surface area contributed by atoms with E-state index in [9.17, 15) is 29.8 Å². The first-order chi connectivity index (χ1) is 14.3. The number of benzene rings is 2. The second-order valence-corrected chi connectivity index (χ2v) is 6.18. The summed E-state index contributed by atoms with van der Waals surface area (Å²) in [6.45, 7) is 0.116. The van der Waals surface area contributed by atoms with Crippen LogP contribution in [0.5, 0.6) is 0 Å². The first kappa shape index (κ1) is 20.3. The summed E-state index contributed by atoms with van der Waals surface area (Å²) in [6, 6.07) is 13.2. The topological polar surface area (TPSA) is 150 Å². The van der Waals surface area contributed by atoms with Gasteiger partial charge in [0.1, 0.15) is 0 Å². The van der Waals surface area contributed by atoms with Gasteiger partial charge >= 0.3 is 0 Å². The average molecular weight is 409 g/mol. The largest absolute Gasteiger partial charge is 0.350 e. The van der Waals surface area contributed by atoms with Crippen LogP contribution in [0.2, 0.25) is 0 Å². The van der Waals surface area contributed by atoms with Gasteiger partial charge in [-0.15, -0.1) is 0 Å². The van der Waals surface area contributed by atoms with E-state index < -0.39 is 27.1 Å². The van der Waals surface area contributed by atoms with Crippen LogP contribution >= 0.6 is 0 Å². The third-order valence-electron chi connectivity index (χ3n) is 4.17. The Bertz CT molecular complexity index is 1140. The lowest BCUT2D eigenvalue weighted by Crippen LogP contribution is -2.30. The van der Waals surface area contributed by atoms with Crippen molar-refractivity contribution in [3.8, 4) is 11.3 Å². The molecule has 0 aliphatic carbocycles. The number of rotatable bonds is 7. The standard InChI is InChI=1S/C19H15N5O6/c25-18-11-17(13-4-2-1-3-5-13)21-12-22(18)7-6-20-19(26)14-8-15(23(27)28)10-16(9-14)24(29)30/h1-5,8-12H,6-7H2,(H,20,26). The maximum Gasteiger partial charge on any atom is 0.277 e. The van der Waals surface area contributed by atoms with Gasteiger partial charge in [-0.05, 0) is 0 Å². The molecule has 152 valence electrons. The molecule has 3 aromatic rings. The maximum absolute atomic E-state index is 12.3. The van der Waals surface area contributed by atoms with Gasteiger partial charge in [-0.25, -0.2) is 4.98 Å². The predicted molar refractivity (Wildman–Crippen MR) is 106 cm³/mol. The number of nitrogens with one attached hydrogen (secondary N) is 1. The number of amides is 1. The minimum Gasteiger partial charge on any atom is -0.350 e. The van der Waals surface area contributed by atoms with Crippen LogP contribution in [0.3, 0.4) is 0 Å². The quantitative estimate of drug-likeness (QED) is 0.464. The Morgan fingerprint density at radius 2 is 1.63 bits per heavy atom. The predicted octanol–water partition coefficient (Wildman–Crippen LogP) is 2.16. The molecule has 1 heterocycles. The van der Waals surface area contributed by atoms with Crippen LogP contribution in [0.1, 0.15) is 10.4 Å². The highest BCUT2D eigenvalue weighted by molar-refractivity contribution is 5.95. The molecule has 0 spiro atoms. The molecule has 0 unspecified atom stereocenters. The Labute approximate surface area is 168 Å². The average Bonchev–Trinajstić information content (AvgIpc) is 2.75. The summed E-state index contributed by atoms with van der Waals surface area (Å²) in [5.41, 5.74) is -0.352. The minimum absolute atomic E-state index is 0.0155. The summed E-state index contributed by atoms with van der Waals surface area (Å²) in [5.74, 6) is -0.733. The highest BCUT2D eigenvalue weighted by atomic mass is 16.6. The first-order valence-corrected chi connectivity index (χ1v) is 8.69. The third-order valence-corrected chi connectivity index (χ3v) is 4.17. The molecule has 0 bridgehead atoms. The lowest BCUT2D eigenvalue weighted by Gasteiger charge is -2.08. The number of carbonyl (C=O) groups is 1. The molecule has 30 heavy (non-hydrogen) atoms. The van der Waals surface area contributed by atoms with E-state index in [1.807, 2.05) is 30.3 Å². The molecule has 0 aliphatic rings. The van der Waals surface area contributed by atoms with Crippen molar-refractivity contribution in [2.24, 2.45) is 0 Å². The van der Waals surface area contributed by atoms with Gasteiger partial charge in [0.2, 0.25) is 0 Å². The Balaban J connectivity index is 1.68. The number of nitro groups is 2. The molecule has 1 N–H and O–H groups in total. The van der Waals surface area contributed by atoms with E-state index in [-0.39, 0.29) is 24.2 Å². The van der Waals surface area contributed by atoms with Crippen LogP contribution in [-0.4, -0.2) is 31.8 Å². The third kappa shape index (κ3) is 4.70. The van der Waals surface area contributed by atoms with Gasteiger partial charge in [-0.3, -0.25) is 34.4 Å². The fraction of sp³-hybridized carbons (Fsp3) is 0.105. The number of nitro benzene ring substituents is 2. The summed E-state index contributed by atoms with van der Waals surface area (Å²) < 4.78 is 1.29. The minimum atomic E-state index is -0.816. The second kappa shape index (κ2) is 8.73. The molecule has 3 rings (SSSR count). The van der Waals surface area contributed by atoms with Gasteiger partial charge < -0.3 is 5.32 Å². The van der Waals surface area contributed by atoms with Gasteiger partial charge in [-0.1, -0.05) is 30.3 Å². The van der Waals surface area contributed by atoms with Gasteiger partial charge in [0.25, 0.3) is 22.8 Å². The summed E-state index contributed by atoms with van der Waals surface area (Å²) >= 11 is 0. The van der Waals surface area contributed by atoms with Gasteiger partial charge in [0, 0.05) is 36.9 Å². The summed E-state index contributed by atoms with van der Waals surface area (Å²) in [6.07, 6.45) is 1.36. The van der Waals surface area contributed by atoms with E-state index in [0.717, 1.165) is 23.8 Å². The van der Waals surface area contributed by atoms with Crippen molar-refractivity contribution in [3.63, 3.8) is 0 Å². The van der Waals surface area contributed by atoms with Crippen molar-refractivity contribution in [2.75, 3.05) is 6.54 Å². The molecular weight excluding hydrogens is 394 g/mol. The Hall–Kier alpha value is -4.41. The van der Waals surface area contributed by atoms with Crippen molar-refractivity contribution in [2.45, 2.75) is 6.54 Å². The summed E-state index contributed by atoms with van der Waals surface area (Å²) in [5, 5.41) is 24.3. The number of carbonyl (C=O) groups excluding carboxylic acids is 1. The van der Waals surface area contributed by atoms with Gasteiger partial charge in [0.15, 0.2) is 0 Å². The maximum atomic E-state index is 12.3. The lowest BCUT2D eigenvalue weighted by atomic mass is 10.1. The Morgan fingerprint density at radius 3 is 2.20 bits per heavy atom. The molecule has 2 aromatic carbocycles. The lowest BCUT2D eigenvalue weighted by molar-refractivity contribution is -0.394. The number of non-ortho nitro benzene ring substituents is 2. The highest BCUT2D eigenvalue weighted by Crippen LogP contribution is 2.22. The molecule has 11 heteroatoms. The first-order valence-electron chi connectivity index (χ1n) is 8.69. The Morgan fingerprint density at radius 1 is 1.00 bits per heavy atom. The van der Waals surface area contributed by atoms with E-state index in [4.69, 9.17) is 0 Å². The zero-order valence-corrected chi connectivity index (χ0v) is 15.4. The van der Waals surface area contributed by atoms with E-state index in [1.165, 1.54) is 17.0 Å². The van der Waals surface area contributed by atoms with E-state index in [2.05, 4.69) is 10.3 Å². The molecule has 0 aliphatic heterocycles. The van der Waals surface area contributed by atoms with E-state index >= 15 is 0 Å². The molecular formula is C19H15N5O6. The summed E-state index contributed by atoms with van der Waals surface area (Å²) in [4.78, 5) is 49.0. The van der Waals surface area contributed by atoms with E-state index in [0.29, 0.717) is 5.69 Å². The Kier molecular flexibility index (Phi) is 5.92. The number of aromatic nitrogens is 2. The molecule has 0 fully saturated rings. The van der Waals surface area contributed by atoms with Crippen molar-refractivity contribution in [1.82, 2.24) is 14.9 Å². The molecule has 11 nitrogen and oxygen atoms in total. The molecule has 0 saturated carbocycles. The number of hydrogen-bond donors (Lipinski definition) is 1. The second-order valence-electron chi connectivity index (χ2n) is 6.18. The number of nitrogens with zero attached hydrogens (tertiary/aromatic N) is 4. The monoisotopic (exact) mass is 409 g/mol. The molecule has 0 radical (unpaired) electrons. The number of hydrogen-bond acceptors (Lipinski definition) is 7. The van der Waals surface area contributed by atoms with Crippen LogP contribution in [0.4, 0.5) is 11.4 Å². The SMILES string of the molecule is O=C(NCCn1cnc(-c2ccccc2)cc1=O)c1cc([N+](=O)[O-])cc([N+](=O)[O-])c1.